The Hall–Kier alpha value is -3.32. The third kappa shape index (κ3) is 4.91. The van der Waals surface area contributed by atoms with Crippen molar-refractivity contribution >= 4 is 22.7 Å². The summed E-state index contributed by atoms with van der Waals surface area (Å²) in [5, 5.41) is 1.13. The number of methoxy groups -OCH3 is 1. The molecule has 35 heavy (non-hydrogen) atoms. The van der Waals surface area contributed by atoms with E-state index in [1.54, 1.807) is 13.2 Å². The van der Waals surface area contributed by atoms with Crippen LogP contribution in [0.15, 0.2) is 48.7 Å². The predicted octanol–water partition coefficient (Wildman–Crippen LogP) is 3.86. The Bertz CT molecular complexity index is 1220. The summed E-state index contributed by atoms with van der Waals surface area (Å²) < 4.78 is 7.90. The lowest BCUT2D eigenvalue weighted by Gasteiger charge is -2.33. The summed E-state index contributed by atoms with van der Waals surface area (Å²) in [6.45, 7) is 4.66. The van der Waals surface area contributed by atoms with Gasteiger partial charge < -0.3 is 24.8 Å². The summed E-state index contributed by atoms with van der Waals surface area (Å²) in [7, 11) is 1.69. The van der Waals surface area contributed by atoms with Gasteiger partial charge in [0, 0.05) is 61.6 Å². The number of nitrogens with two attached hydrogens (primary N) is 1. The quantitative estimate of drug-likeness (QED) is 0.564. The fourth-order valence-corrected chi connectivity index (χ4v) is 5.53. The summed E-state index contributed by atoms with van der Waals surface area (Å²) in [5.74, 6) is 0.587. The van der Waals surface area contributed by atoms with Gasteiger partial charge in [0.15, 0.2) is 0 Å². The molecule has 0 aliphatic carbocycles. The van der Waals surface area contributed by atoms with Gasteiger partial charge in [-0.3, -0.25) is 9.59 Å². The molecular formula is C28H34N4O3. The average Bonchev–Trinajstić information content (AvgIpc) is 3.57. The number of rotatable bonds is 7. The second-order valence-electron chi connectivity index (χ2n) is 9.71. The Morgan fingerprint density at radius 2 is 1.71 bits per heavy atom. The number of ether oxygens (including phenoxy) is 1. The molecule has 184 valence electrons. The van der Waals surface area contributed by atoms with Crippen molar-refractivity contribution in [2.24, 2.45) is 5.73 Å². The fraction of sp³-hybridized carbons (Fsp3) is 0.429. The molecule has 0 radical (unpaired) electrons. The van der Waals surface area contributed by atoms with E-state index in [1.807, 2.05) is 35.2 Å². The van der Waals surface area contributed by atoms with Crippen molar-refractivity contribution in [3.8, 4) is 5.75 Å². The Kier molecular flexibility index (Phi) is 6.77. The smallest absolute Gasteiger partial charge is 0.253 e. The summed E-state index contributed by atoms with van der Waals surface area (Å²) >= 11 is 0. The van der Waals surface area contributed by atoms with Gasteiger partial charge >= 0.3 is 0 Å². The van der Waals surface area contributed by atoms with Crippen LogP contribution in [0, 0.1) is 0 Å². The molecule has 2 saturated heterocycles. The Balaban J connectivity index is 1.22. The highest BCUT2D eigenvalue weighted by molar-refractivity contribution is 5.97. The molecule has 0 spiro atoms. The van der Waals surface area contributed by atoms with E-state index in [0.717, 1.165) is 92.6 Å². The van der Waals surface area contributed by atoms with Gasteiger partial charge in [-0.05, 0) is 79.5 Å². The van der Waals surface area contributed by atoms with Gasteiger partial charge in [-0.15, -0.1) is 0 Å². The number of aromatic nitrogens is 1. The van der Waals surface area contributed by atoms with Crippen molar-refractivity contribution in [2.75, 3.05) is 39.8 Å². The normalized spacial score (nSPS) is 17.2. The maximum Gasteiger partial charge on any atom is 0.253 e. The molecule has 0 bridgehead atoms. The van der Waals surface area contributed by atoms with Crippen molar-refractivity contribution < 1.29 is 14.3 Å². The van der Waals surface area contributed by atoms with Crippen LogP contribution < -0.4 is 10.5 Å². The van der Waals surface area contributed by atoms with Gasteiger partial charge in [0.25, 0.3) is 5.91 Å². The second-order valence-corrected chi connectivity index (χ2v) is 9.71. The number of likely N-dealkylation sites (tertiary alicyclic amines) is 2. The van der Waals surface area contributed by atoms with E-state index in [0.29, 0.717) is 11.6 Å². The number of fused-ring (bicyclic) bond motifs is 1. The average molecular weight is 475 g/mol. The first-order valence-corrected chi connectivity index (χ1v) is 12.6. The number of primary amides is 1. The van der Waals surface area contributed by atoms with Gasteiger partial charge in [0.1, 0.15) is 5.75 Å². The Labute approximate surface area is 206 Å². The number of benzene rings is 2. The first kappa shape index (κ1) is 23.4. The zero-order valence-electron chi connectivity index (χ0n) is 20.4. The van der Waals surface area contributed by atoms with E-state index in [4.69, 9.17) is 10.5 Å². The molecule has 2 fully saturated rings. The third-order valence-electron chi connectivity index (χ3n) is 7.58. The zero-order chi connectivity index (χ0) is 24.4. The summed E-state index contributed by atoms with van der Waals surface area (Å²) in [5.41, 5.74) is 8.97. The molecule has 3 heterocycles. The van der Waals surface area contributed by atoms with Crippen LogP contribution in [0.1, 0.15) is 58.0 Å². The number of hydrogen-bond acceptors (Lipinski definition) is 4. The molecule has 7 nitrogen and oxygen atoms in total. The van der Waals surface area contributed by atoms with Gasteiger partial charge in [-0.25, -0.2) is 0 Å². The van der Waals surface area contributed by atoms with Crippen LogP contribution in [0.25, 0.3) is 10.9 Å². The van der Waals surface area contributed by atoms with Gasteiger partial charge in [0.05, 0.1) is 7.11 Å². The van der Waals surface area contributed by atoms with Crippen molar-refractivity contribution in [3.63, 3.8) is 0 Å². The first-order valence-electron chi connectivity index (χ1n) is 12.6. The van der Waals surface area contributed by atoms with Crippen LogP contribution in [-0.2, 0) is 6.42 Å². The van der Waals surface area contributed by atoms with Crippen LogP contribution in [-0.4, -0.2) is 66.0 Å². The lowest BCUT2D eigenvalue weighted by molar-refractivity contribution is 0.0792. The summed E-state index contributed by atoms with van der Waals surface area (Å²) in [4.78, 5) is 28.9. The van der Waals surface area contributed by atoms with Crippen LogP contribution in [0.5, 0.6) is 5.75 Å². The van der Waals surface area contributed by atoms with E-state index in [9.17, 15) is 9.59 Å². The van der Waals surface area contributed by atoms with Crippen molar-refractivity contribution in [1.82, 2.24) is 14.4 Å². The number of carbonyl (C=O) groups excluding carboxylic acids is 2. The van der Waals surface area contributed by atoms with E-state index in [2.05, 4.69) is 21.7 Å². The lowest BCUT2D eigenvalue weighted by atomic mass is 10.0. The molecule has 2 amide bonds. The maximum absolute atomic E-state index is 12.9. The highest BCUT2D eigenvalue weighted by Crippen LogP contribution is 2.29. The third-order valence-corrected chi connectivity index (χ3v) is 7.58. The highest BCUT2D eigenvalue weighted by atomic mass is 16.5. The molecule has 0 unspecified atom stereocenters. The molecule has 7 heteroatoms. The number of nitrogens with zero attached hydrogens (tertiary/aromatic N) is 3. The topological polar surface area (TPSA) is 80.8 Å². The van der Waals surface area contributed by atoms with E-state index in [-0.39, 0.29) is 5.91 Å². The SMILES string of the molecule is COc1ccc(C(=O)N2CCCC2)cc1CCN1CCC(n2ccc3ccc(C(N)=O)cc32)CC1. The molecule has 2 aliphatic heterocycles. The summed E-state index contributed by atoms with van der Waals surface area (Å²) in [6.07, 6.45) is 7.27. The molecule has 0 atom stereocenters. The highest BCUT2D eigenvalue weighted by Gasteiger charge is 2.23. The van der Waals surface area contributed by atoms with Crippen molar-refractivity contribution in [3.05, 3.63) is 65.4 Å². The predicted molar refractivity (Wildman–Crippen MR) is 137 cm³/mol. The molecule has 5 rings (SSSR count). The Morgan fingerprint density at radius 1 is 0.971 bits per heavy atom. The van der Waals surface area contributed by atoms with E-state index < -0.39 is 5.91 Å². The number of amides is 2. The number of hydrogen-bond donors (Lipinski definition) is 1. The number of piperidine rings is 1. The van der Waals surface area contributed by atoms with Crippen molar-refractivity contribution in [2.45, 2.75) is 38.1 Å². The number of carbonyl (C=O) groups is 2. The van der Waals surface area contributed by atoms with E-state index in [1.165, 1.54) is 0 Å². The zero-order valence-corrected chi connectivity index (χ0v) is 20.4. The minimum atomic E-state index is -0.393. The fourth-order valence-electron chi connectivity index (χ4n) is 5.53. The van der Waals surface area contributed by atoms with Crippen molar-refractivity contribution in [1.29, 1.82) is 0 Å². The van der Waals surface area contributed by atoms with Crippen LogP contribution in [0.3, 0.4) is 0 Å². The van der Waals surface area contributed by atoms with Gasteiger partial charge in [-0.1, -0.05) is 6.07 Å². The molecule has 0 saturated carbocycles. The molecule has 1 aromatic heterocycles. The molecule has 3 aromatic rings. The van der Waals surface area contributed by atoms with Crippen LogP contribution in [0.4, 0.5) is 0 Å². The lowest BCUT2D eigenvalue weighted by Crippen LogP contribution is -2.36. The van der Waals surface area contributed by atoms with E-state index >= 15 is 0 Å². The summed E-state index contributed by atoms with van der Waals surface area (Å²) in [6, 6.07) is 14.0. The molecular weight excluding hydrogens is 440 g/mol. The van der Waals surface area contributed by atoms with Crippen LogP contribution >= 0.6 is 0 Å². The maximum atomic E-state index is 12.9. The molecule has 2 aromatic carbocycles. The monoisotopic (exact) mass is 474 g/mol. The molecule has 2 aliphatic rings. The van der Waals surface area contributed by atoms with Gasteiger partial charge in [-0.2, -0.15) is 0 Å². The largest absolute Gasteiger partial charge is 0.496 e. The second kappa shape index (κ2) is 10.1. The first-order chi connectivity index (χ1) is 17.0. The van der Waals surface area contributed by atoms with Gasteiger partial charge in [0.2, 0.25) is 5.91 Å². The standard InChI is InChI=1S/C28H34N4O3/c1-35-26-7-6-23(28(34)31-12-2-3-13-31)18-21(26)8-14-30-15-10-24(11-16-30)32-17-9-20-4-5-22(27(29)33)19-25(20)32/h4-7,9,17-19,24H,2-3,8,10-16H2,1H3,(H2,29,33). The Morgan fingerprint density at radius 3 is 2.43 bits per heavy atom. The van der Waals surface area contributed by atoms with Crippen LogP contribution in [0.2, 0.25) is 0 Å². The minimum Gasteiger partial charge on any atom is -0.496 e. The minimum absolute atomic E-state index is 0.130. The molecule has 2 N–H and O–H groups in total.